The number of rotatable bonds is 5. The molecule has 0 bridgehead atoms. The minimum absolute atomic E-state index is 0.207. The number of fused-ring (bicyclic) bond motifs is 1. The first kappa shape index (κ1) is 22.0. The van der Waals surface area contributed by atoms with Crippen molar-refractivity contribution in [3.63, 3.8) is 0 Å². The predicted octanol–water partition coefficient (Wildman–Crippen LogP) is 3.39. The van der Waals surface area contributed by atoms with Crippen molar-refractivity contribution in [1.82, 2.24) is 25.1 Å². The molecule has 8 nitrogen and oxygen atoms in total. The van der Waals surface area contributed by atoms with Crippen LogP contribution in [-0.2, 0) is 4.79 Å². The first-order valence-electron chi connectivity index (χ1n) is 13.1. The van der Waals surface area contributed by atoms with Crippen molar-refractivity contribution in [2.24, 2.45) is 5.92 Å². The number of carbonyl (C=O) groups excluding carboxylic acids is 2. The topological polar surface area (TPSA) is 82.5 Å². The van der Waals surface area contributed by atoms with E-state index in [9.17, 15) is 9.59 Å². The molecule has 1 unspecified atom stereocenters. The van der Waals surface area contributed by atoms with E-state index in [2.05, 4.69) is 39.3 Å². The van der Waals surface area contributed by atoms with Crippen molar-refractivity contribution in [1.29, 1.82) is 0 Å². The van der Waals surface area contributed by atoms with E-state index >= 15 is 0 Å². The maximum atomic E-state index is 12.4. The molecule has 1 aliphatic carbocycles. The molecule has 3 amide bonds. The molecule has 182 valence electrons. The van der Waals surface area contributed by atoms with Gasteiger partial charge in [-0.3, -0.25) is 15.0 Å². The number of imide groups is 1. The van der Waals surface area contributed by atoms with Gasteiger partial charge in [0.05, 0.1) is 11.9 Å². The van der Waals surface area contributed by atoms with Crippen molar-refractivity contribution in [2.75, 3.05) is 37.6 Å². The number of hydrogen-bond donors (Lipinski definition) is 2. The number of nitrogens with one attached hydrogen (secondary N) is 2. The summed E-state index contributed by atoms with van der Waals surface area (Å²) in [6.07, 6.45) is 11.9. The lowest BCUT2D eigenvalue weighted by atomic mass is 9.89. The monoisotopic (exact) mass is 464 g/mol. The summed E-state index contributed by atoms with van der Waals surface area (Å²) in [6, 6.07) is 2.91. The van der Waals surface area contributed by atoms with E-state index in [1.165, 1.54) is 36.6 Å². The average Bonchev–Trinajstić information content (AvgIpc) is 3.64. The van der Waals surface area contributed by atoms with Gasteiger partial charge in [-0.25, -0.2) is 9.78 Å². The van der Waals surface area contributed by atoms with E-state index in [0.717, 1.165) is 56.3 Å². The van der Waals surface area contributed by atoms with Crippen LogP contribution in [0.3, 0.4) is 0 Å². The highest BCUT2D eigenvalue weighted by Gasteiger charge is 2.33. The molecule has 0 radical (unpaired) electrons. The van der Waals surface area contributed by atoms with E-state index < -0.39 is 0 Å². The number of aromatic nitrogens is 2. The first-order chi connectivity index (χ1) is 16.6. The van der Waals surface area contributed by atoms with Crippen LogP contribution in [0, 0.1) is 5.92 Å². The standard InChI is InChI=1S/C26H36N6O2/c1-17(18-4-9-27-10-5-18)30-11-6-20(7-12-30)32-16-23(19-2-3-19)22-14-21(15-28-25(22)32)31-13-8-24(33)29-26(31)34/h14-20,27H,2-13H2,1H3,(H,29,33,34). The molecular formula is C26H36N6O2. The second-order valence-corrected chi connectivity index (χ2v) is 10.7. The molecule has 4 aliphatic rings. The van der Waals surface area contributed by atoms with Gasteiger partial charge >= 0.3 is 6.03 Å². The molecule has 0 aromatic carbocycles. The van der Waals surface area contributed by atoms with Crippen LogP contribution in [0.2, 0.25) is 0 Å². The number of anilines is 1. The van der Waals surface area contributed by atoms with Crippen LogP contribution in [0.4, 0.5) is 10.5 Å². The Kier molecular flexibility index (Phi) is 5.81. The normalized spacial score (nSPS) is 24.6. The lowest BCUT2D eigenvalue weighted by Crippen LogP contribution is -2.49. The van der Waals surface area contributed by atoms with Gasteiger partial charge in [-0.2, -0.15) is 0 Å². The molecular weight excluding hydrogens is 428 g/mol. The molecule has 6 rings (SSSR count). The Morgan fingerprint density at radius 3 is 2.50 bits per heavy atom. The number of nitrogens with zero attached hydrogens (tertiary/aromatic N) is 4. The molecule has 0 spiro atoms. The zero-order valence-electron chi connectivity index (χ0n) is 20.1. The van der Waals surface area contributed by atoms with Crippen molar-refractivity contribution in [3.05, 3.63) is 24.0 Å². The third kappa shape index (κ3) is 4.11. The third-order valence-corrected chi connectivity index (χ3v) is 8.60. The van der Waals surface area contributed by atoms with Gasteiger partial charge in [-0.15, -0.1) is 0 Å². The lowest BCUT2D eigenvalue weighted by molar-refractivity contribution is -0.120. The number of carbonyl (C=O) groups is 2. The number of piperidine rings is 2. The fraction of sp³-hybridized carbons (Fsp3) is 0.654. The summed E-state index contributed by atoms with van der Waals surface area (Å²) in [6.45, 7) is 7.45. The molecule has 2 aromatic rings. The number of hydrogen-bond acceptors (Lipinski definition) is 5. The highest BCUT2D eigenvalue weighted by atomic mass is 16.2. The van der Waals surface area contributed by atoms with Gasteiger partial charge in [0.2, 0.25) is 5.91 Å². The minimum atomic E-state index is -0.347. The van der Waals surface area contributed by atoms with Crippen LogP contribution >= 0.6 is 0 Å². The summed E-state index contributed by atoms with van der Waals surface area (Å²) in [4.78, 5) is 33.2. The lowest BCUT2D eigenvalue weighted by Gasteiger charge is -2.41. The highest BCUT2D eigenvalue weighted by molar-refractivity contribution is 6.06. The van der Waals surface area contributed by atoms with Crippen LogP contribution in [0.15, 0.2) is 18.5 Å². The molecule has 2 N–H and O–H groups in total. The summed E-state index contributed by atoms with van der Waals surface area (Å²) < 4.78 is 2.43. The average molecular weight is 465 g/mol. The Hall–Kier alpha value is -2.45. The SMILES string of the molecule is CC(C1CCNCC1)N1CCC(n2cc(C3CC3)c3cc(N4CCC(=O)NC4=O)cnc32)CC1. The smallest absolute Gasteiger partial charge is 0.328 e. The van der Waals surface area contributed by atoms with Crippen LogP contribution in [-0.4, -0.2) is 65.2 Å². The Morgan fingerprint density at radius 2 is 1.79 bits per heavy atom. The predicted molar refractivity (Wildman–Crippen MR) is 132 cm³/mol. The zero-order chi connectivity index (χ0) is 23.2. The van der Waals surface area contributed by atoms with Crippen molar-refractivity contribution >= 4 is 28.7 Å². The number of urea groups is 1. The first-order valence-corrected chi connectivity index (χ1v) is 13.1. The summed E-state index contributed by atoms with van der Waals surface area (Å²) in [5, 5.41) is 7.10. The van der Waals surface area contributed by atoms with Gasteiger partial charge in [0.15, 0.2) is 0 Å². The van der Waals surface area contributed by atoms with Gasteiger partial charge in [0, 0.05) is 49.7 Å². The van der Waals surface area contributed by atoms with Crippen LogP contribution in [0.5, 0.6) is 0 Å². The van der Waals surface area contributed by atoms with Crippen LogP contribution < -0.4 is 15.5 Å². The van der Waals surface area contributed by atoms with Gasteiger partial charge in [0.1, 0.15) is 5.65 Å². The molecule has 2 aromatic heterocycles. The molecule has 34 heavy (non-hydrogen) atoms. The quantitative estimate of drug-likeness (QED) is 0.709. The summed E-state index contributed by atoms with van der Waals surface area (Å²) >= 11 is 0. The van der Waals surface area contributed by atoms with E-state index in [4.69, 9.17) is 4.98 Å². The largest absolute Gasteiger partial charge is 0.329 e. The van der Waals surface area contributed by atoms with E-state index in [-0.39, 0.29) is 11.9 Å². The maximum Gasteiger partial charge on any atom is 0.328 e. The molecule has 4 fully saturated rings. The van der Waals surface area contributed by atoms with E-state index in [1.54, 1.807) is 11.1 Å². The van der Waals surface area contributed by atoms with E-state index in [0.29, 0.717) is 31.0 Å². The number of pyridine rings is 1. The molecule has 1 atom stereocenters. The molecule has 8 heteroatoms. The highest BCUT2D eigenvalue weighted by Crippen LogP contribution is 2.45. The van der Waals surface area contributed by atoms with Gasteiger partial charge in [-0.05, 0) is 82.0 Å². The summed E-state index contributed by atoms with van der Waals surface area (Å²) in [5.74, 6) is 1.22. The number of likely N-dealkylation sites (tertiary alicyclic amines) is 1. The van der Waals surface area contributed by atoms with Crippen molar-refractivity contribution in [2.45, 2.75) is 69.9 Å². The van der Waals surface area contributed by atoms with Crippen LogP contribution in [0.1, 0.15) is 69.4 Å². The fourth-order valence-electron chi connectivity index (χ4n) is 6.30. The second-order valence-electron chi connectivity index (χ2n) is 10.7. The fourth-order valence-corrected chi connectivity index (χ4v) is 6.30. The molecule has 1 saturated carbocycles. The molecule has 3 aliphatic heterocycles. The number of amides is 3. The molecule has 5 heterocycles. The van der Waals surface area contributed by atoms with Gasteiger partial charge < -0.3 is 14.8 Å². The Morgan fingerprint density at radius 1 is 1.03 bits per heavy atom. The Bertz CT molecular complexity index is 1080. The third-order valence-electron chi connectivity index (χ3n) is 8.60. The summed E-state index contributed by atoms with van der Waals surface area (Å²) in [5.41, 5.74) is 3.20. The summed E-state index contributed by atoms with van der Waals surface area (Å²) in [7, 11) is 0. The van der Waals surface area contributed by atoms with Gasteiger partial charge in [-0.1, -0.05) is 0 Å². The molecule has 3 saturated heterocycles. The maximum absolute atomic E-state index is 12.4. The van der Waals surface area contributed by atoms with Crippen molar-refractivity contribution in [3.8, 4) is 0 Å². The second kappa shape index (κ2) is 8.96. The minimum Gasteiger partial charge on any atom is -0.329 e. The Labute approximate surface area is 201 Å². The zero-order valence-corrected chi connectivity index (χ0v) is 20.1. The Balaban J connectivity index is 1.22. The van der Waals surface area contributed by atoms with E-state index in [1.807, 2.05) is 0 Å². The van der Waals surface area contributed by atoms with Crippen LogP contribution in [0.25, 0.3) is 11.0 Å². The van der Waals surface area contributed by atoms with Crippen molar-refractivity contribution < 1.29 is 9.59 Å². The van der Waals surface area contributed by atoms with Gasteiger partial charge in [0.25, 0.3) is 0 Å².